The van der Waals surface area contributed by atoms with E-state index < -0.39 is 3.79 Å². The SMILES string of the molecule is COc1cccc(C(Cl)(Cl)Cl)c1Oc1ccccc1. The number of hydrogen-bond acceptors (Lipinski definition) is 2. The molecule has 0 aromatic heterocycles. The first-order valence-corrected chi connectivity index (χ1v) is 6.63. The number of ether oxygens (including phenoxy) is 2. The van der Waals surface area contributed by atoms with E-state index in [1.54, 1.807) is 18.2 Å². The van der Waals surface area contributed by atoms with Gasteiger partial charge in [0.1, 0.15) is 5.75 Å². The molecule has 0 unspecified atom stereocenters. The van der Waals surface area contributed by atoms with Crippen LogP contribution in [0.15, 0.2) is 48.5 Å². The van der Waals surface area contributed by atoms with Crippen LogP contribution in [0, 0.1) is 0 Å². The lowest BCUT2D eigenvalue weighted by Gasteiger charge is -2.19. The van der Waals surface area contributed by atoms with Crippen LogP contribution in [0.4, 0.5) is 0 Å². The van der Waals surface area contributed by atoms with E-state index >= 15 is 0 Å². The zero-order chi connectivity index (χ0) is 13.9. The molecular weight excluding hydrogens is 307 g/mol. The van der Waals surface area contributed by atoms with E-state index in [4.69, 9.17) is 44.3 Å². The number of rotatable bonds is 3. The van der Waals surface area contributed by atoms with Gasteiger partial charge in [-0.25, -0.2) is 0 Å². The summed E-state index contributed by atoms with van der Waals surface area (Å²) in [5.41, 5.74) is 0.431. The second-order valence-corrected chi connectivity index (χ2v) is 6.03. The summed E-state index contributed by atoms with van der Waals surface area (Å²) in [6.07, 6.45) is 0. The van der Waals surface area contributed by atoms with Gasteiger partial charge in [-0.15, -0.1) is 0 Å². The third-order valence-electron chi connectivity index (χ3n) is 2.47. The molecule has 2 aromatic rings. The zero-order valence-corrected chi connectivity index (χ0v) is 12.3. The lowest BCUT2D eigenvalue weighted by atomic mass is 10.2. The average molecular weight is 318 g/mol. The van der Waals surface area contributed by atoms with Crippen LogP contribution in [-0.2, 0) is 3.79 Å². The Labute approximate surface area is 126 Å². The van der Waals surface area contributed by atoms with Crippen LogP contribution >= 0.6 is 34.8 Å². The molecule has 5 heteroatoms. The molecule has 0 aliphatic carbocycles. The first kappa shape index (κ1) is 14.3. The Bertz CT molecular complexity index is 550. The van der Waals surface area contributed by atoms with Crippen molar-refractivity contribution < 1.29 is 9.47 Å². The van der Waals surface area contributed by atoms with Crippen LogP contribution < -0.4 is 9.47 Å². The third kappa shape index (κ3) is 3.47. The maximum absolute atomic E-state index is 5.95. The van der Waals surface area contributed by atoms with Gasteiger partial charge in [0.2, 0.25) is 3.79 Å². The van der Waals surface area contributed by atoms with E-state index in [0.29, 0.717) is 22.8 Å². The maximum atomic E-state index is 5.95. The number of halogens is 3. The van der Waals surface area contributed by atoms with E-state index in [-0.39, 0.29) is 0 Å². The van der Waals surface area contributed by atoms with Crippen molar-refractivity contribution in [3.05, 3.63) is 54.1 Å². The molecule has 2 nitrogen and oxygen atoms in total. The fraction of sp³-hybridized carbons (Fsp3) is 0.143. The Morgan fingerprint density at radius 1 is 0.895 bits per heavy atom. The van der Waals surface area contributed by atoms with Gasteiger partial charge in [-0.2, -0.15) is 0 Å². The molecular formula is C14H11Cl3O2. The highest BCUT2D eigenvalue weighted by molar-refractivity contribution is 6.66. The molecule has 0 amide bonds. The predicted molar refractivity (Wildman–Crippen MR) is 78.7 cm³/mol. The Hall–Kier alpha value is -1.09. The van der Waals surface area contributed by atoms with Crippen molar-refractivity contribution in [3.63, 3.8) is 0 Å². The summed E-state index contributed by atoms with van der Waals surface area (Å²) in [6, 6.07) is 14.4. The second-order valence-electron chi connectivity index (χ2n) is 3.75. The highest BCUT2D eigenvalue weighted by atomic mass is 35.6. The molecule has 0 atom stereocenters. The van der Waals surface area contributed by atoms with E-state index in [0.717, 1.165) is 0 Å². The van der Waals surface area contributed by atoms with Crippen LogP contribution in [0.5, 0.6) is 17.2 Å². The normalized spacial score (nSPS) is 11.2. The quantitative estimate of drug-likeness (QED) is 0.714. The van der Waals surface area contributed by atoms with Crippen molar-refractivity contribution in [3.8, 4) is 17.2 Å². The third-order valence-corrected chi connectivity index (χ3v) is 3.08. The average Bonchev–Trinajstić information content (AvgIpc) is 2.39. The second kappa shape index (κ2) is 5.91. The van der Waals surface area contributed by atoms with E-state index in [1.165, 1.54) is 7.11 Å². The predicted octanol–water partition coefficient (Wildman–Crippen LogP) is 5.31. The molecule has 0 fully saturated rings. The zero-order valence-electron chi connectivity index (χ0n) is 10.1. The molecule has 2 rings (SSSR count). The van der Waals surface area contributed by atoms with E-state index in [2.05, 4.69) is 0 Å². The largest absolute Gasteiger partial charge is 0.493 e. The summed E-state index contributed by atoms with van der Waals surface area (Å²) >= 11 is 17.9. The van der Waals surface area contributed by atoms with Crippen LogP contribution in [0.3, 0.4) is 0 Å². The van der Waals surface area contributed by atoms with Gasteiger partial charge in [-0.3, -0.25) is 0 Å². The molecule has 100 valence electrons. The summed E-state index contributed by atoms with van der Waals surface area (Å²) in [6.45, 7) is 0. The van der Waals surface area contributed by atoms with Crippen molar-refractivity contribution in [2.24, 2.45) is 0 Å². The fourth-order valence-corrected chi connectivity index (χ4v) is 2.06. The number of para-hydroxylation sites is 2. The van der Waals surface area contributed by atoms with Crippen LogP contribution in [0.25, 0.3) is 0 Å². The van der Waals surface area contributed by atoms with Crippen molar-refractivity contribution in [2.45, 2.75) is 3.79 Å². The van der Waals surface area contributed by atoms with Crippen molar-refractivity contribution in [2.75, 3.05) is 7.11 Å². The molecule has 0 aliphatic rings. The molecule has 0 bridgehead atoms. The van der Waals surface area contributed by atoms with Crippen molar-refractivity contribution >= 4 is 34.8 Å². The van der Waals surface area contributed by atoms with Gasteiger partial charge in [0, 0.05) is 5.56 Å². The van der Waals surface area contributed by atoms with Gasteiger partial charge in [0.15, 0.2) is 11.5 Å². The monoisotopic (exact) mass is 316 g/mol. The van der Waals surface area contributed by atoms with E-state index in [1.807, 2.05) is 30.3 Å². The number of benzene rings is 2. The smallest absolute Gasteiger partial charge is 0.219 e. The summed E-state index contributed by atoms with van der Waals surface area (Å²) < 4.78 is 9.45. The van der Waals surface area contributed by atoms with Gasteiger partial charge in [-0.05, 0) is 18.2 Å². The summed E-state index contributed by atoms with van der Waals surface area (Å²) in [4.78, 5) is 0. The summed E-state index contributed by atoms with van der Waals surface area (Å²) in [5.74, 6) is 1.55. The van der Waals surface area contributed by atoms with Gasteiger partial charge >= 0.3 is 0 Å². The fourth-order valence-electron chi connectivity index (χ4n) is 1.61. The molecule has 2 aromatic carbocycles. The topological polar surface area (TPSA) is 18.5 Å². The summed E-state index contributed by atoms with van der Waals surface area (Å²) in [7, 11) is 1.54. The van der Waals surface area contributed by atoms with Crippen molar-refractivity contribution in [1.29, 1.82) is 0 Å². The number of hydrogen-bond donors (Lipinski definition) is 0. The number of alkyl halides is 3. The Balaban J connectivity index is 2.48. The minimum absolute atomic E-state index is 0.399. The van der Waals surface area contributed by atoms with Crippen LogP contribution in [-0.4, -0.2) is 7.11 Å². The molecule has 0 saturated carbocycles. The van der Waals surface area contributed by atoms with Gasteiger partial charge < -0.3 is 9.47 Å². The van der Waals surface area contributed by atoms with Gasteiger partial charge in [0.05, 0.1) is 7.11 Å². The van der Waals surface area contributed by atoms with E-state index in [9.17, 15) is 0 Å². The highest BCUT2D eigenvalue weighted by Crippen LogP contribution is 2.47. The molecule has 0 aliphatic heterocycles. The first-order chi connectivity index (χ1) is 9.02. The van der Waals surface area contributed by atoms with Crippen LogP contribution in [0.1, 0.15) is 5.56 Å². The van der Waals surface area contributed by atoms with Gasteiger partial charge in [0.25, 0.3) is 0 Å². The minimum atomic E-state index is -1.58. The molecule has 19 heavy (non-hydrogen) atoms. The Morgan fingerprint density at radius 2 is 1.58 bits per heavy atom. The first-order valence-electron chi connectivity index (χ1n) is 5.49. The Morgan fingerprint density at radius 3 is 2.16 bits per heavy atom. The Kier molecular flexibility index (Phi) is 4.46. The minimum Gasteiger partial charge on any atom is -0.493 e. The standard InChI is InChI=1S/C14H11Cl3O2/c1-18-12-9-5-8-11(14(15,16)17)13(12)19-10-6-3-2-4-7-10/h2-9H,1H3. The number of methoxy groups -OCH3 is 1. The molecule has 0 radical (unpaired) electrons. The molecule has 0 spiro atoms. The molecule has 0 saturated heterocycles. The molecule has 0 heterocycles. The van der Waals surface area contributed by atoms with Crippen molar-refractivity contribution in [1.82, 2.24) is 0 Å². The maximum Gasteiger partial charge on any atom is 0.219 e. The lowest BCUT2D eigenvalue weighted by Crippen LogP contribution is -2.04. The highest BCUT2D eigenvalue weighted by Gasteiger charge is 2.29. The molecule has 0 N–H and O–H groups in total. The van der Waals surface area contributed by atoms with Gasteiger partial charge in [-0.1, -0.05) is 65.1 Å². The summed E-state index contributed by atoms with van der Waals surface area (Å²) in [5, 5.41) is 0. The lowest BCUT2D eigenvalue weighted by molar-refractivity contribution is 0.376. The van der Waals surface area contributed by atoms with Crippen LogP contribution in [0.2, 0.25) is 0 Å².